The quantitative estimate of drug-likeness (QED) is 0.684. The van der Waals surface area contributed by atoms with Gasteiger partial charge < -0.3 is 15.5 Å². The second-order valence-corrected chi connectivity index (χ2v) is 3.23. The van der Waals surface area contributed by atoms with E-state index >= 15 is 0 Å². The van der Waals surface area contributed by atoms with Gasteiger partial charge in [-0.15, -0.1) is 0 Å². The van der Waals surface area contributed by atoms with Gasteiger partial charge in [0.15, 0.2) is 11.5 Å². The molecule has 0 saturated heterocycles. The first kappa shape index (κ1) is 10.2. The van der Waals surface area contributed by atoms with E-state index in [0.717, 1.165) is 0 Å². The highest BCUT2D eigenvalue weighted by molar-refractivity contribution is 6.39. The lowest BCUT2D eigenvalue weighted by Gasteiger charge is -2.00. The molecule has 0 aliphatic heterocycles. The van der Waals surface area contributed by atoms with Crippen molar-refractivity contribution in [2.45, 2.75) is 6.92 Å². The summed E-state index contributed by atoms with van der Waals surface area (Å²) in [6.07, 6.45) is 0. The van der Waals surface area contributed by atoms with Crippen molar-refractivity contribution in [3.05, 3.63) is 24.1 Å². The van der Waals surface area contributed by atoms with Crippen LogP contribution in [0.25, 0.3) is 11.1 Å². The molecular formula is C10H9N3O3. The third-order valence-electron chi connectivity index (χ3n) is 1.98. The maximum absolute atomic E-state index is 11.0. The van der Waals surface area contributed by atoms with Gasteiger partial charge in [0.25, 0.3) is 0 Å². The molecule has 0 spiro atoms. The van der Waals surface area contributed by atoms with Crippen LogP contribution in [0.15, 0.2) is 22.6 Å². The zero-order chi connectivity index (χ0) is 11.7. The van der Waals surface area contributed by atoms with E-state index in [2.05, 4.69) is 10.3 Å². The predicted octanol–water partition coefficient (Wildman–Crippen LogP) is 0.560. The van der Waals surface area contributed by atoms with Crippen molar-refractivity contribution in [1.29, 1.82) is 0 Å². The number of nitrogens with one attached hydrogen (secondary N) is 1. The molecule has 0 bridgehead atoms. The third kappa shape index (κ3) is 1.85. The van der Waals surface area contributed by atoms with Gasteiger partial charge in [0, 0.05) is 18.7 Å². The Labute approximate surface area is 90.4 Å². The average molecular weight is 219 g/mol. The Morgan fingerprint density at radius 1 is 1.44 bits per heavy atom. The fourth-order valence-electron chi connectivity index (χ4n) is 1.31. The van der Waals surface area contributed by atoms with Crippen LogP contribution in [-0.2, 0) is 9.59 Å². The molecule has 0 radical (unpaired) electrons. The number of nitrogens with zero attached hydrogens (tertiary/aromatic N) is 1. The molecule has 6 nitrogen and oxygen atoms in total. The van der Waals surface area contributed by atoms with Gasteiger partial charge in [0.05, 0.1) is 0 Å². The van der Waals surface area contributed by atoms with Crippen molar-refractivity contribution >= 4 is 28.6 Å². The fraction of sp³-hybridized carbons (Fsp3) is 0.100. The fourth-order valence-corrected chi connectivity index (χ4v) is 1.31. The number of aromatic nitrogens is 1. The number of anilines is 1. The molecule has 1 aromatic heterocycles. The Hall–Kier alpha value is -2.37. The lowest BCUT2D eigenvalue weighted by molar-refractivity contribution is -0.134. The van der Waals surface area contributed by atoms with E-state index in [1.165, 1.54) is 0 Å². The summed E-state index contributed by atoms with van der Waals surface area (Å²) in [4.78, 5) is 25.7. The molecule has 3 N–H and O–H groups in total. The number of hydrogen-bond acceptors (Lipinski definition) is 4. The van der Waals surface area contributed by atoms with Crippen molar-refractivity contribution in [2.75, 3.05) is 5.32 Å². The molecule has 2 rings (SSSR count). The molecule has 2 aromatic rings. The number of hydrogen-bond donors (Lipinski definition) is 2. The Kier molecular flexibility index (Phi) is 2.32. The molecule has 0 saturated carbocycles. The molecule has 0 aliphatic carbocycles. The van der Waals surface area contributed by atoms with Crippen LogP contribution in [0.5, 0.6) is 0 Å². The molecule has 16 heavy (non-hydrogen) atoms. The zero-order valence-corrected chi connectivity index (χ0v) is 8.48. The lowest BCUT2D eigenvalue weighted by Crippen LogP contribution is -2.29. The number of carbonyl (C=O) groups excluding carboxylic acids is 2. The second kappa shape index (κ2) is 3.65. The first-order valence-corrected chi connectivity index (χ1v) is 4.54. The maximum atomic E-state index is 11.0. The van der Waals surface area contributed by atoms with Crippen LogP contribution in [0.2, 0.25) is 0 Å². The summed E-state index contributed by atoms with van der Waals surface area (Å²) in [5.41, 5.74) is 6.48. The standard InChI is InChI=1S/C10H9N3O3/c1-5-12-7-3-2-6(4-8(7)16-5)13-10(15)9(11)14/h2-4H,1H3,(H2,11,14)(H,13,15). The van der Waals surface area contributed by atoms with E-state index in [1.807, 2.05) is 0 Å². The van der Waals surface area contributed by atoms with Crippen LogP contribution in [-0.4, -0.2) is 16.8 Å². The molecule has 0 atom stereocenters. The summed E-state index contributed by atoms with van der Waals surface area (Å²) in [5.74, 6) is -1.36. The number of nitrogens with two attached hydrogens (primary N) is 1. The highest BCUT2D eigenvalue weighted by Gasteiger charge is 2.10. The largest absolute Gasteiger partial charge is 0.441 e. The van der Waals surface area contributed by atoms with Crippen molar-refractivity contribution in [3.63, 3.8) is 0 Å². The molecule has 6 heteroatoms. The van der Waals surface area contributed by atoms with Crippen molar-refractivity contribution in [1.82, 2.24) is 4.98 Å². The summed E-state index contributed by atoms with van der Waals surface area (Å²) >= 11 is 0. The lowest BCUT2D eigenvalue weighted by atomic mass is 10.3. The summed E-state index contributed by atoms with van der Waals surface area (Å²) in [5, 5.41) is 2.34. The normalized spacial score (nSPS) is 10.3. The number of primary amides is 1. The molecular weight excluding hydrogens is 210 g/mol. The summed E-state index contributed by atoms with van der Waals surface area (Å²) in [6, 6.07) is 4.88. The topological polar surface area (TPSA) is 98.2 Å². The van der Waals surface area contributed by atoms with Gasteiger partial charge in [-0.2, -0.15) is 0 Å². The molecule has 1 aromatic carbocycles. The summed E-state index contributed by atoms with van der Waals surface area (Å²) in [6.45, 7) is 1.72. The van der Waals surface area contributed by atoms with Gasteiger partial charge in [0.2, 0.25) is 0 Å². The van der Waals surface area contributed by atoms with Gasteiger partial charge >= 0.3 is 11.8 Å². The molecule has 2 amide bonds. The van der Waals surface area contributed by atoms with Crippen molar-refractivity contribution < 1.29 is 14.0 Å². The van der Waals surface area contributed by atoms with Crippen LogP contribution in [0.1, 0.15) is 5.89 Å². The Morgan fingerprint density at radius 2 is 2.19 bits per heavy atom. The molecule has 0 fully saturated rings. The maximum Gasteiger partial charge on any atom is 0.313 e. The molecule has 0 unspecified atom stereocenters. The van der Waals surface area contributed by atoms with E-state index < -0.39 is 11.8 Å². The van der Waals surface area contributed by atoms with Crippen molar-refractivity contribution in [2.24, 2.45) is 5.73 Å². The minimum atomic E-state index is -1.03. The van der Waals surface area contributed by atoms with Crippen LogP contribution >= 0.6 is 0 Å². The number of carbonyl (C=O) groups is 2. The van der Waals surface area contributed by atoms with Gasteiger partial charge in [-0.05, 0) is 12.1 Å². The van der Waals surface area contributed by atoms with Gasteiger partial charge in [-0.25, -0.2) is 4.98 Å². The number of fused-ring (bicyclic) bond motifs is 1. The molecule has 82 valence electrons. The average Bonchev–Trinajstić information content (AvgIpc) is 2.57. The van der Waals surface area contributed by atoms with Gasteiger partial charge in [-0.1, -0.05) is 0 Å². The monoisotopic (exact) mass is 219 g/mol. The number of aryl methyl sites for hydroxylation is 1. The van der Waals surface area contributed by atoms with E-state index in [4.69, 9.17) is 10.2 Å². The third-order valence-corrected chi connectivity index (χ3v) is 1.98. The highest BCUT2D eigenvalue weighted by Crippen LogP contribution is 2.19. The number of rotatable bonds is 1. The van der Waals surface area contributed by atoms with Crippen LogP contribution < -0.4 is 11.1 Å². The Balaban J connectivity index is 2.32. The highest BCUT2D eigenvalue weighted by atomic mass is 16.3. The van der Waals surface area contributed by atoms with E-state index in [-0.39, 0.29) is 0 Å². The van der Waals surface area contributed by atoms with Crippen molar-refractivity contribution in [3.8, 4) is 0 Å². The summed E-state index contributed by atoms with van der Waals surface area (Å²) in [7, 11) is 0. The van der Waals surface area contributed by atoms with Crippen LogP contribution in [0.3, 0.4) is 0 Å². The number of amides is 2. The minimum absolute atomic E-state index is 0.437. The van der Waals surface area contributed by atoms with Gasteiger partial charge in [0.1, 0.15) is 5.52 Å². The number of oxazole rings is 1. The number of benzene rings is 1. The SMILES string of the molecule is Cc1nc2ccc(NC(=O)C(N)=O)cc2o1. The predicted molar refractivity (Wildman–Crippen MR) is 56.6 cm³/mol. The first-order chi connectivity index (χ1) is 7.56. The summed E-state index contributed by atoms with van der Waals surface area (Å²) < 4.78 is 5.27. The second-order valence-electron chi connectivity index (χ2n) is 3.23. The minimum Gasteiger partial charge on any atom is -0.441 e. The van der Waals surface area contributed by atoms with Crippen LogP contribution in [0, 0.1) is 6.92 Å². The Bertz CT molecular complexity index is 574. The molecule has 0 aliphatic rings. The van der Waals surface area contributed by atoms with E-state index in [9.17, 15) is 9.59 Å². The molecule has 1 heterocycles. The van der Waals surface area contributed by atoms with Gasteiger partial charge in [-0.3, -0.25) is 9.59 Å². The van der Waals surface area contributed by atoms with E-state index in [1.54, 1.807) is 25.1 Å². The van der Waals surface area contributed by atoms with Crippen LogP contribution in [0.4, 0.5) is 5.69 Å². The Morgan fingerprint density at radius 3 is 2.88 bits per heavy atom. The van der Waals surface area contributed by atoms with E-state index in [0.29, 0.717) is 22.7 Å². The smallest absolute Gasteiger partial charge is 0.313 e. The zero-order valence-electron chi connectivity index (χ0n) is 8.48. The first-order valence-electron chi connectivity index (χ1n) is 4.54.